The first kappa shape index (κ1) is 10.4. The molecule has 3 radical (unpaired) electrons. The molecule has 0 unspecified atom stereocenters. The molecular weight excluding hydrogens is 216 g/mol. The molecule has 0 aliphatic heterocycles. The van der Waals surface area contributed by atoms with Gasteiger partial charge in [0.05, 0.1) is 6.92 Å². The first-order valence-electron chi connectivity index (χ1n) is 1.12. The zero-order chi connectivity index (χ0) is 6.50. The number of rotatable bonds is 0. The van der Waals surface area contributed by atoms with Gasteiger partial charge in [-0.1, -0.05) is 0 Å². The van der Waals surface area contributed by atoms with Gasteiger partial charge in [-0.05, 0) is 0 Å². The molecule has 0 saturated carbocycles. The van der Waals surface area contributed by atoms with Crippen molar-refractivity contribution in [2.24, 2.45) is 0 Å². The fourth-order valence-electron chi connectivity index (χ4n) is 0. The zero-order valence-corrected chi connectivity index (χ0v) is 6.10. The monoisotopic (exact) mass is 219 g/mol. The summed E-state index contributed by atoms with van der Waals surface area (Å²) in [7, 11) is 0. The van der Waals surface area contributed by atoms with E-state index in [-0.39, 0.29) is 0 Å². The van der Waals surface area contributed by atoms with Crippen LogP contribution in [0.1, 0.15) is 0 Å². The second-order valence-corrected chi connectivity index (χ2v) is 0.615. The van der Waals surface area contributed by atoms with E-state index in [0.717, 1.165) is 0 Å². The molecule has 0 atom stereocenters. The molecule has 0 aromatic heterocycles. The molecule has 0 aromatic carbocycles. The van der Waals surface area contributed by atoms with E-state index in [4.69, 9.17) is 3.08 Å². The number of hydrogen-bond donors (Lipinski definition) is 0. The maximum absolute atomic E-state index is 10.2. The molecule has 7 heavy (non-hydrogen) atoms. The van der Waals surface area contributed by atoms with Gasteiger partial charge in [0.1, 0.15) is 0 Å². The summed E-state index contributed by atoms with van der Waals surface area (Å²) in [4.78, 5) is 0. The Morgan fingerprint density at radius 3 is 1.29 bits per heavy atom. The molecule has 0 fully saturated rings. The SMILES string of the molecule is [CH2]C(F)(F)F.[O]=[Sn]. The third kappa shape index (κ3) is 814. The van der Waals surface area contributed by atoms with Crippen molar-refractivity contribution in [3.05, 3.63) is 6.92 Å². The van der Waals surface area contributed by atoms with E-state index < -0.39 is 6.18 Å². The van der Waals surface area contributed by atoms with Crippen molar-refractivity contribution in [1.82, 2.24) is 0 Å². The quantitative estimate of drug-likeness (QED) is 0.551. The Morgan fingerprint density at radius 2 is 1.29 bits per heavy atom. The van der Waals surface area contributed by atoms with Gasteiger partial charge in [-0.25, -0.2) is 0 Å². The van der Waals surface area contributed by atoms with Gasteiger partial charge in [-0.15, -0.1) is 0 Å². The van der Waals surface area contributed by atoms with Gasteiger partial charge in [0.2, 0.25) is 0 Å². The van der Waals surface area contributed by atoms with Crippen LogP contribution in [0, 0.1) is 6.92 Å². The third-order valence-corrected chi connectivity index (χ3v) is 0. The van der Waals surface area contributed by atoms with E-state index in [9.17, 15) is 13.2 Å². The minimum atomic E-state index is -4.25. The van der Waals surface area contributed by atoms with E-state index >= 15 is 0 Å². The third-order valence-electron chi connectivity index (χ3n) is 0. The molecular formula is C2H2F3OSn. The van der Waals surface area contributed by atoms with Gasteiger partial charge in [-0.3, -0.25) is 0 Å². The molecule has 0 aromatic rings. The zero-order valence-electron chi connectivity index (χ0n) is 3.25. The van der Waals surface area contributed by atoms with Crippen LogP contribution in [-0.4, -0.2) is 28.7 Å². The molecule has 0 saturated heterocycles. The first-order valence-corrected chi connectivity index (χ1v) is 2.29. The molecule has 5 heteroatoms. The molecule has 1 nitrogen and oxygen atoms in total. The van der Waals surface area contributed by atoms with Crippen molar-refractivity contribution < 1.29 is 16.2 Å². The molecule has 0 bridgehead atoms. The van der Waals surface area contributed by atoms with Crippen LogP contribution in [0.4, 0.5) is 13.2 Å². The summed E-state index contributed by atoms with van der Waals surface area (Å²) in [5.74, 6) is 0. The second kappa shape index (κ2) is 4.55. The Kier molecular flexibility index (Phi) is 6.74. The van der Waals surface area contributed by atoms with E-state index in [2.05, 4.69) is 0 Å². The molecule has 0 amide bonds. The van der Waals surface area contributed by atoms with Crippen LogP contribution < -0.4 is 0 Å². The average Bonchev–Trinajstić information content (AvgIpc) is 1.36. The van der Waals surface area contributed by atoms with Gasteiger partial charge in [0.15, 0.2) is 0 Å². The predicted octanol–water partition coefficient (Wildman–Crippen LogP) is 0.883. The molecule has 0 aliphatic carbocycles. The van der Waals surface area contributed by atoms with E-state index in [1.807, 2.05) is 0 Å². The van der Waals surface area contributed by atoms with Crippen LogP contribution in [0.25, 0.3) is 0 Å². The van der Waals surface area contributed by atoms with Crippen LogP contribution in [-0.2, 0) is 3.08 Å². The van der Waals surface area contributed by atoms with Crippen LogP contribution in [0.3, 0.4) is 0 Å². The number of alkyl halides is 3. The molecule has 0 N–H and O–H groups in total. The second-order valence-electron chi connectivity index (χ2n) is 0.615. The summed E-state index contributed by atoms with van der Waals surface area (Å²) in [6.07, 6.45) is -4.25. The van der Waals surface area contributed by atoms with Crippen LogP contribution in [0.2, 0.25) is 0 Å². The molecule has 0 heterocycles. The summed E-state index contributed by atoms with van der Waals surface area (Å²) in [6.45, 7) is 1.77. The maximum atomic E-state index is 10.2. The minimum absolute atomic E-state index is 0.300. The van der Waals surface area contributed by atoms with E-state index in [1.54, 1.807) is 6.92 Å². The summed E-state index contributed by atoms with van der Waals surface area (Å²) in [5.41, 5.74) is 0. The van der Waals surface area contributed by atoms with E-state index in [1.165, 1.54) is 0 Å². The molecule has 0 spiro atoms. The fourth-order valence-corrected chi connectivity index (χ4v) is 0. The Balaban J connectivity index is 0. The summed E-state index contributed by atoms with van der Waals surface area (Å²) in [6, 6.07) is 0. The van der Waals surface area contributed by atoms with Crippen LogP contribution in [0.5, 0.6) is 0 Å². The fraction of sp³-hybridized carbons (Fsp3) is 0.500. The molecule has 41 valence electrons. The van der Waals surface area contributed by atoms with Crippen molar-refractivity contribution in [3.8, 4) is 0 Å². The average molecular weight is 218 g/mol. The molecule has 0 aliphatic rings. The standard InChI is InChI=1S/C2H2F3.O.Sn/c1-2(3,4)5;;/h1H2;;. The first-order chi connectivity index (χ1) is 3.00. The van der Waals surface area contributed by atoms with Crippen molar-refractivity contribution in [2.45, 2.75) is 6.18 Å². The van der Waals surface area contributed by atoms with Gasteiger partial charge in [0, 0.05) is 0 Å². The summed E-state index contributed by atoms with van der Waals surface area (Å²) in [5, 5.41) is 0. The predicted molar refractivity (Wildman–Crippen MR) is 17.9 cm³/mol. The number of halogens is 3. The van der Waals surface area contributed by atoms with Gasteiger partial charge in [0.25, 0.3) is 0 Å². The van der Waals surface area contributed by atoms with E-state index in [0.29, 0.717) is 22.5 Å². The Labute approximate surface area is 52.4 Å². The van der Waals surface area contributed by atoms with Gasteiger partial charge in [-0.2, -0.15) is 13.2 Å². The topological polar surface area (TPSA) is 17.1 Å². The van der Waals surface area contributed by atoms with Crippen molar-refractivity contribution in [3.63, 3.8) is 0 Å². The van der Waals surface area contributed by atoms with Crippen molar-refractivity contribution >= 4 is 22.5 Å². The van der Waals surface area contributed by atoms with Gasteiger partial charge >= 0.3 is 31.8 Å². The van der Waals surface area contributed by atoms with Crippen LogP contribution in [0.15, 0.2) is 0 Å². The van der Waals surface area contributed by atoms with Crippen molar-refractivity contribution in [2.75, 3.05) is 0 Å². The van der Waals surface area contributed by atoms with Crippen molar-refractivity contribution in [1.29, 1.82) is 0 Å². The Bertz CT molecular complexity index is 36.7. The molecule has 0 rings (SSSR count). The van der Waals surface area contributed by atoms with Gasteiger partial charge < -0.3 is 0 Å². The number of hydrogen-bond acceptors (Lipinski definition) is 1. The Hall–Kier alpha value is 0.389. The summed E-state index contributed by atoms with van der Waals surface area (Å²) >= 11 is 0.300. The summed E-state index contributed by atoms with van der Waals surface area (Å²) < 4.78 is 39.1. The normalized spacial score (nSPS) is 9.14. The van der Waals surface area contributed by atoms with Crippen LogP contribution >= 0.6 is 0 Å². The Morgan fingerprint density at radius 1 is 1.29 bits per heavy atom.